The molecule has 0 fully saturated rings. The van der Waals surface area contributed by atoms with Crippen molar-refractivity contribution in [1.29, 1.82) is 0 Å². The fourth-order valence-corrected chi connectivity index (χ4v) is 3.23. The molecule has 4 heterocycles. The minimum absolute atomic E-state index is 0.0455. The average Bonchev–Trinajstić information content (AvgIpc) is 3.31. The standard InChI is InChI=1S/C23H20F2N6O4/c1-34-21-16(26)9-28-17(20(21)25)10-30-22(32)18-11-29-19(35-18)7-13-4-5-14(27-8-13)12-31-6-2-3-15(24)23(31)33/h2-6,8-9,11H,7,10,12,26H2,1H3,(H,30,32). The minimum Gasteiger partial charge on any atom is -0.491 e. The predicted molar refractivity (Wildman–Crippen MR) is 120 cm³/mol. The fraction of sp³-hybridized carbons (Fsp3) is 0.174. The van der Waals surface area contributed by atoms with Gasteiger partial charge in [0, 0.05) is 12.4 Å². The highest BCUT2D eigenvalue weighted by atomic mass is 19.1. The molecule has 12 heteroatoms. The summed E-state index contributed by atoms with van der Waals surface area (Å²) in [5.41, 5.74) is 6.18. The number of nitrogens with two attached hydrogens (primary N) is 1. The number of carbonyl (C=O) groups is 1. The number of nitrogens with one attached hydrogen (secondary N) is 1. The number of methoxy groups -OCH3 is 1. The Morgan fingerprint density at radius 1 is 1.17 bits per heavy atom. The SMILES string of the molecule is COc1c(N)cnc(CNC(=O)c2cnc(Cc3ccc(Cn4cccc(F)c4=O)nc3)o2)c1F. The summed E-state index contributed by atoms with van der Waals surface area (Å²) in [5.74, 6) is -2.13. The van der Waals surface area contributed by atoms with Crippen LogP contribution in [0.4, 0.5) is 14.5 Å². The number of nitrogen functional groups attached to an aromatic ring is 1. The molecule has 0 spiro atoms. The number of aromatic nitrogens is 4. The molecule has 0 saturated carbocycles. The van der Waals surface area contributed by atoms with Gasteiger partial charge in [0.05, 0.1) is 56.1 Å². The largest absolute Gasteiger partial charge is 0.491 e. The minimum atomic E-state index is -0.831. The normalized spacial score (nSPS) is 10.8. The summed E-state index contributed by atoms with van der Waals surface area (Å²) in [7, 11) is 1.28. The number of halogens is 2. The van der Waals surface area contributed by atoms with E-state index in [-0.39, 0.29) is 48.3 Å². The highest BCUT2D eigenvalue weighted by molar-refractivity contribution is 5.91. The highest BCUT2D eigenvalue weighted by Gasteiger charge is 2.17. The molecule has 35 heavy (non-hydrogen) atoms. The third-order valence-corrected chi connectivity index (χ3v) is 5.02. The Labute approximate surface area is 197 Å². The Morgan fingerprint density at radius 2 is 2.00 bits per heavy atom. The molecular weight excluding hydrogens is 462 g/mol. The maximum atomic E-state index is 14.3. The van der Waals surface area contributed by atoms with Gasteiger partial charge in [-0.2, -0.15) is 0 Å². The molecule has 10 nitrogen and oxygen atoms in total. The zero-order chi connectivity index (χ0) is 24.9. The zero-order valence-corrected chi connectivity index (χ0v) is 18.5. The van der Waals surface area contributed by atoms with E-state index in [0.717, 1.165) is 11.6 Å². The lowest BCUT2D eigenvalue weighted by atomic mass is 10.2. The van der Waals surface area contributed by atoms with E-state index in [1.807, 2.05) is 0 Å². The second-order valence-electron chi connectivity index (χ2n) is 7.43. The predicted octanol–water partition coefficient (Wildman–Crippen LogP) is 2.06. The molecule has 0 bridgehead atoms. The first kappa shape index (κ1) is 23.5. The topological polar surface area (TPSA) is 138 Å². The van der Waals surface area contributed by atoms with E-state index >= 15 is 0 Å². The van der Waals surface area contributed by atoms with E-state index in [1.54, 1.807) is 18.3 Å². The number of ether oxygens (including phenoxy) is 1. The molecule has 4 rings (SSSR count). The van der Waals surface area contributed by atoms with E-state index in [4.69, 9.17) is 14.9 Å². The van der Waals surface area contributed by atoms with Crippen molar-refractivity contribution in [3.05, 3.63) is 99.6 Å². The number of anilines is 1. The van der Waals surface area contributed by atoms with E-state index in [2.05, 4.69) is 20.3 Å². The van der Waals surface area contributed by atoms with Gasteiger partial charge in [-0.15, -0.1) is 0 Å². The molecule has 4 aromatic heterocycles. The third kappa shape index (κ3) is 5.32. The first-order valence-corrected chi connectivity index (χ1v) is 10.3. The summed E-state index contributed by atoms with van der Waals surface area (Å²) >= 11 is 0. The van der Waals surface area contributed by atoms with Crippen LogP contribution in [0.3, 0.4) is 0 Å². The van der Waals surface area contributed by atoms with Crippen molar-refractivity contribution >= 4 is 11.6 Å². The van der Waals surface area contributed by atoms with Crippen LogP contribution in [-0.2, 0) is 19.5 Å². The highest BCUT2D eigenvalue weighted by Crippen LogP contribution is 2.25. The average molecular weight is 482 g/mol. The Bertz CT molecular complexity index is 1420. The first-order valence-electron chi connectivity index (χ1n) is 10.3. The van der Waals surface area contributed by atoms with Crippen molar-refractivity contribution in [3.8, 4) is 5.75 Å². The van der Waals surface area contributed by atoms with Crippen LogP contribution in [-0.4, -0.2) is 32.5 Å². The number of nitrogens with zero attached hydrogens (tertiary/aromatic N) is 4. The summed E-state index contributed by atoms with van der Waals surface area (Å²) in [5, 5.41) is 2.50. The van der Waals surface area contributed by atoms with Gasteiger partial charge in [-0.3, -0.25) is 19.6 Å². The number of amides is 1. The second-order valence-corrected chi connectivity index (χ2v) is 7.43. The Balaban J connectivity index is 1.36. The van der Waals surface area contributed by atoms with Gasteiger partial charge in [0.25, 0.3) is 11.5 Å². The van der Waals surface area contributed by atoms with Crippen LogP contribution in [0.1, 0.15) is 33.4 Å². The van der Waals surface area contributed by atoms with Crippen molar-refractivity contribution in [2.45, 2.75) is 19.5 Å². The lowest BCUT2D eigenvalue weighted by Crippen LogP contribution is -2.23. The number of carbonyl (C=O) groups excluding carboxylic acids is 1. The summed E-state index contributed by atoms with van der Waals surface area (Å²) in [6, 6.07) is 6.01. The van der Waals surface area contributed by atoms with Gasteiger partial charge in [-0.25, -0.2) is 13.8 Å². The monoisotopic (exact) mass is 482 g/mol. The maximum absolute atomic E-state index is 14.3. The Kier molecular flexibility index (Phi) is 6.81. The van der Waals surface area contributed by atoms with Crippen LogP contribution in [0.2, 0.25) is 0 Å². The lowest BCUT2D eigenvalue weighted by molar-refractivity contribution is 0.0920. The molecule has 4 aromatic rings. The van der Waals surface area contributed by atoms with Crippen LogP contribution in [0.25, 0.3) is 0 Å². The maximum Gasteiger partial charge on any atom is 0.289 e. The third-order valence-electron chi connectivity index (χ3n) is 5.02. The van der Waals surface area contributed by atoms with Gasteiger partial charge in [-0.05, 0) is 23.8 Å². The molecule has 0 saturated heterocycles. The van der Waals surface area contributed by atoms with Crippen LogP contribution in [0.5, 0.6) is 5.75 Å². The molecule has 0 aliphatic heterocycles. The molecular formula is C23H20F2N6O4. The van der Waals surface area contributed by atoms with Gasteiger partial charge in [0.1, 0.15) is 0 Å². The molecule has 0 aliphatic carbocycles. The van der Waals surface area contributed by atoms with Crippen LogP contribution in [0.15, 0.2) is 58.3 Å². The van der Waals surface area contributed by atoms with Gasteiger partial charge in [-0.1, -0.05) is 6.07 Å². The smallest absolute Gasteiger partial charge is 0.289 e. The van der Waals surface area contributed by atoms with Crippen LogP contribution in [0, 0.1) is 11.6 Å². The summed E-state index contributed by atoms with van der Waals surface area (Å²) in [6.45, 7) is -0.0906. The number of hydrogen-bond acceptors (Lipinski definition) is 8. The van der Waals surface area contributed by atoms with E-state index in [9.17, 15) is 18.4 Å². The molecule has 1 amide bonds. The van der Waals surface area contributed by atoms with Crippen molar-refractivity contribution in [2.75, 3.05) is 12.8 Å². The van der Waals surface area contributed by atoms with Gasteiger partial charge < -0.3 is 24.8 Å². The molecule has 180 valence electrons. The van der Waals surface area contributed by atoms with Gasteiger partial charge in [0.2, 0.25) is 5.76 Å². The van der Waals surface area contributed by atoms with Crippen molar-refractivity contribution in [3.63, 3.8) is 0 Å². The second kappa shape index (κ2) is 10.1. The quantitative estimate of drug-likeness (QED) is 0.389. The molecule has 3 N–H and O–H groups in total. The number of oxazole rings is 1. The molecule has 0 aliphatic rings. The molecule has 0 unspecified atom stereocenters. The summed E-state index contributed by atoms with van der Waals surface area (Å²) in [6.07, 6.45) is 5.81. The van der Waals surface area contributed by atoms with Crippen molar-refractivity contribution in [2.24, 2.45) is 0 Å². The molecule has 0 aromatic carbocycles. The first-order chi connectivity index (χ1) is 16.9. The Morgan fingerprint density at radius 3 is 2.74 bits per heavy atom. The van der Waals surface area contributed by atoms with Crippen LogP contribution >= 0.6 is 0 Å². The zero-order valence-electron chi connectivity index (χ0n) is 18.5. The van der Waals surface area contributed by atoms with Crippen molar-refractivity contribution in [1.82, 2.24) is 24.8 Å². The molecule has 0 radical (unpaired) electrons. The van der Waals surface area contributed by atoms with Gasteiger partial charge in [0.15, 0.2) is 23.3 Å². The van der Waals surface area contributed by atoms with Gasteiger partial charge >= 0.3 is 0 Å². The van der Waals surface area contributed by atoms with E-state index in [0.29, 0.717) is 5.69 Å². The number of pyridine rings is 3. The van der Waals surface area contributed by atoms with E-state index < -0.39 is 23.1 Å². The number of rotatable bonds is 8. The van der Waals surface area contributed by atoms with E-state index in [1.165, 1.54) is 36.3 Å². The lowest BCUT2D eigenvalue weighted by Gasteiger charge is -2.09. The summed E-state index contributed by atoms with van der Waals surface area (Å²) in [4.78, 5) is 36.4. The summed E-state index contributed by atoms with van der Waals surface area (Å²) < 4.78 is 39.4. The number of hydrogen-bond donors (Lipinski definition) is 2. The van der Waals surface area contributed by atoms with Crippen LogP contribution < -0.4 is 21.3 Å². The van der Waals surface area contributed by atoms with Crippen molar-refractivity contribution < 1.29 is 22.7 Å². The fourth-order valence-electron chi connectivity index (χ4n) is 3.23. The Hall–Kier alpha value is -4.61. The molecule has 0 atom stereocenters.